The van der Waals surface area contributed by atoms with Crippen LogP contribution in [0, 0.1) is 5.41 Å². The molecule has 0 bridgehead atoms. The van der Waals surface area contributed by atoms with E-state index in [0.717, 1.165) is 13.0 Å². The summed E-state index contributed by atoms with van der Waals surface area (Å²) in [6.07, 6.45) is 2.76. The molecule has 1 amide bonds. The molecular formula is C19H37NO4. The molecule has 24 heavy (non-hydrogen) atoms. The Morgan fingerprint density at radius 3 is 1.92 bits per heavy atom. The second kappa shape index (κ2) is 11.6. The first-order chi connectivity index (χ1) is 11.0. The maximum Gasteiger partial charge on any atom is 0.220 e. The summed E-state index contributed by atoms with van der Waals surface area (Å²) < 4.78 is 11.0. The summed E-state index contributed by atoms with van der Waals surface area (Å²) in [4.78, 5) is 23.3. The zero-order chi connectivity index (χ0) is 18.6. The lowest BCUT2D eigenvalue weighted by atomic mass is 9.93. The summed E-state index contributed by atoms with van der Waals surface area (Å²) in [7, 11) is 0. The molecule has 142 valence electrons. The molecule has 0 aromatic heterocycles. The highest BCUT2D eigenvalue weighted by atomic mass is 16.5. The summed E-state index contributed by atoms with van der Waals surface area (Å²) in [5.74, 6) is 0.0450. The van der Waals surface area contributed by atoms with Gasteiger partial charge < -0.3 is 14.8 Å². The SMILES string of the molecule is CC(C)(C)CCOCCOCCCC(=O)CCC(=O)NC(C)(C)C. The molecule has 0 aliphatic heterocycles. The van der Waals surface area contributed by atoms with Crippen LogP contribution in [-0.4, -0.2) is 43.7 Å². The maximum absolute atomic E-state index is 11.7. The smallest absolute Gasteiger partial charge is 0.220 e. The van der Waals surface area contributed by atoms with E-state index in [-0.39, 0.29) is 23.7 Å². The molecule has 0 aliphatic carbocycles. The van der Waals surface area contributed by atoms with Gasteiger partial charge in [-0.05, 0) is 39.0 Å². The molecule has 5 heteroatoms. The zero-order valence-electron chi connectivity index (χ0n) is 16.5. The van der Waals surface area contributed by atoms with Gasteiger partial charge in [-0.15, -0.1) is 0 Å². The summed E-state index contributed by atoms with van der Waals surface area (Å²) in [6.45, 7) is 14.8. The molecule has 0 radical (unpaired) electrons. The lowest BCUT2D eigenvalue weighted by Crippen LogP contribution is -2.40. The van der Waals surface area contributed by atoms with E-state index in [1.165, 1.54) is 0 Å². The molecule has 0 unspecified atom stereocenters. The second-order valence-corrected chi connectivity index (χ2v) is 8.48. The number of nitrogens with one attached hydrogen (secondary N) is 1. The number of hydrogen-bond donors (Lipinski definition) is 1. The maximum atomic E-state index is 11.7. The van der Waals surface area contributed by atoms with Crippen LogP contribution in [0.5, 0.6) is 0 Å². The van der Waals surface area contributed by atoms with Crippen LogP contribution >= 0.6 is 0 Å². The van der Waals surface area contributed by atoms with E-state index in [2.05, 4.69) is 26.1 Å². The number of carbonyl (C=O) groups is 2. The summed E-state index contributed by atoms with van der Waals surface area (Å²) in [6, 6.07) is 0. The van der Waals surface area contributed by atoms with Crippen molar-refractivity contribution >= 4 is 11.7 Å². The molecule has 1 N–H and O–H groups in total. The first kappa shape index (κ1) is 23.1. The Labute approximate surface area is 147 Å². The van der Waals surface area contributed by atoms with Gasteiger partial charge in [-0.25, -0.2) is 0 Å². The van der Waals surface area contributed by atoms with Crippen LogP contribution in [0.1, 0.15) is 73.6 Å². The minimum Gasteiger partial charge on any atom is -0.379 e. The van der Waals surface area contributed by atoms with Crippen LogP contribution in [0.15, 0.2) is 0 Å². The first-order valence-corrected chi connectivity index (χ1v) is 8.98. The van der Waals surface area contributed by atoms with E-state index >= 15 is 0 Å². The minimum absolute atomic E-state index is 0.0699. The Morgan fingerprint density at radius 1 is 0.792 bits per heavy atom. The highest BCUT2D eigenvalue weighted by molar-refractivity contribution is 5.85. The fraction of sp³-hybridized carbons (Fsp3) is 0.895. The predicted octanol–water partition coefficient (Wildman–Crippen LogP) is 3.50. The third-order valence-corrected chi connectivity index (χ3v) is 3.26. The highest BCUT2D eigenvalue weighted by Crippen LogP contribution is 2.17. The van der Waals surface area contributed by atoms with Crippen molar-refractivity contribution in [3.63, 3.8) is 0 Å². The van der Waals surface area contributed by atoms with Crippen LogP contribution in [0.4, 0.5) is 0 Å². The van der Waals surface area contributed by atoms with E-state index in [1.807, 2.05) is 20.8 Å². The molecule has 0 aromatic carbocycles. The standard InChI is InChI=1S/C19H37NO4/c1-18(2,3)11-13-24-15-14-23-12-7-8-16(21)9-10-17(22)20-19(4,5)6/h7-15H2,1-6H3,(H,20,22). The van der Waals surface area contributed by atoms with Gasteiger partial charge in [0.25, 0.3) is 0 Å². The van der Waals surface area contributed by atoms with Gasteiger partial charge in [0.2, 0.25) is 5.91 Å². The average Bonchev–Trinajstić information content (AvgIpc) is 2.40. The van der Waals surface area contributed by atoms with Gasteiger partial charge in [-0.3, -0.25) is 9.59 Å². The molecule has 0 saturated carbocycles. The number of ether oxygens (including phenoxy) is 2. The van der Waals surface area contributed by atoms with Crippen LogP contribution in [-0.2, 0) is 19.1 Å². The molecule has 0 aromatic rings. The van der Waals surface area contributed by atoms with Crippen molar-refractivity contribution in [1.82, 2.24) is 5.32 Å². The van der Waals surface area contributed by atoms with Gasteiger partial charge in [0.15, 0.2) is 0 Å². The van der Waals surface area contributed by atoms with Crippen molar-refractivity contribution in [1.29, 1.82) is 0 Å². The van der Waals surface area contributed by atoms with E-state index in [1.54, 1.807) is 0 Å². The summed E-state index contributed by atoms with van der Waals surface area (Å²) in [5.41, 5.74) is 0.0495. The van der Waals surface area contributed by atoms with Crippen LogP contribution in [0.3, 0.4) is 0 Å². The third kappa shape index (κ3) is 17.4. The van der Waals surface area contributed by atoms with E-state index in [4.69, 9.17) is 9.47 Å². The number of hydrogen-bond acceptors (Lipinski definition) is 4. The van der Waals surface area contributed by atoms with Gasteiger partial charge in [0.1, 0.15) is 5.78 Å². The third-order valence-electron chi connectivity index (χ3n) is 3.26. The highest BCUT2D eigenvalue weighted by Gasteiger charge is 2.14. The molecule has 5 nitrogen and oxygen atoms in total. The van der Waals surface area contributed by atoms with Crippen molar-refractivity contribution in [2.45, 2.75) is 79.2 Å². The largest absolute Gasteiger partial charge is 0.379 e. The van der Waals surface area contributed by atoms with Crippen LogP contribution < -0.4 is 5.32 Å². The lowest BCUT2D eigenvalue weighted by molar-refractivity contribution is -0.126. The fourth-order valence-electron chi connectivity index (χ4n) is 1.93. The van der Waals surface area contributed by atoms with Gasteiger partial charge in [0, 0.05) is 38.0 Å². The predicted molar refractivity (Wildman–Crippen MR) is 97.1 cm³/mol. The number of ketones is 1. The zero-order valence-corrected chi connectivity index (χ0v) is 16.5. The molecule has 0 heterocycles. The normalized spacial score (nSPS) is 12.2. The molecule has 0 fully saturated rings. The van der Waals surface area contributed by atoms with E-state index in [0.29, 0.717) is 44.5 Å². The minimum atomic E-state index is -0.247. The number of rotatable bonds is 12. The Hall–Kier alpha value is -0.940. The van der Waals surface area contributed by atoms with E-state index in [9.17, 15) is 9.59 Å². The number of amides is 1. The molecule has 0 saturated heterocycles. The Bertz CT molecular complexity index is 367. The van der Waals surface area contributed by atoms with Crippen molar-refractivity contribution in [3.8, 4) is 0 Å². The molecular weight excluding hydrogens is 306 g/mol. The molecule has 0 spiro atoms. The van der Waals surface area contributed by atoms with Crippen molar-refractivity contribution in [3.05, 3.63) is 0 Å². The topological polar surface area (TPSA) is 64.6 Å². The number of Topliss-reactive ketones (excluding diaryl/α,β-unsaturated/α-hetero) is 1. The quantitative estimate of drug-likeness (QED) is 0.551. The van der Waals surface area contributed by atoms with Gasteiger partial charge in [0.05, 0.1) is 13.2 Å². The first-order valence-electron chi connectivity index (χ1n) is 8.98. The van der Waals surface area contributed by atoms with Crippen molar-refractivity contribution < 1.29 is 19.1 Å². The second-order valence-electron chi connectivity index (χ2n) is 8.48. The average molecular weight is 344 g/mol. The summed E-state index contributed by atoms with van der Waals surface area (Å²) in [5, 5.41) is 2.85. The molecule has 0 atom stereocenters. The van der Waals surface area contributed by atoms with E-state index < -0.39 is 0 Å². The van der Waals surface area contributed by atoms with Gasteiger partial charge in [-0.1, -0.05) is 20.8 Å². The van der Waals surface area contributed by atoms with Gasteiger partial charge in [-0.2, -0.15) is 0 Å². The Kier molecular flexibility index (Phi) is 11.1. The summed E-state index contributed by atoms with van der Waals surface area (Å²) >= 11 is 0. The lowest BCUT2D eigenvalue weighted by Gasteiger charge is -2.20. The molecule has 0 rings (SSSR count). The van der Waals surface area contributed by atoms with Crippen LogP contribution in [0.25, 0.3) is 0 Å². The monoisotopic (exact) mass is 343 g/mol. The van der Waals surface area contributed by atoms with Crippen molar-refractivity contribution in [2.24, 2.45) is 5.41 Å². The Balaban J connectivity index is 3.45. The van der Waals surface area contributed by atoms with Crippen LogP contribution in [0.2, 0.25) is 0 Å². The van der Waals surface area contributed by atoms with Gasteiger partial charge >= 0.3 is 0 Å². The Morgan fingerprint density at radius 2 is 1.38 bits per heavy atom. The number of carbonyl (C=O) groups excluding carboxylic acids is 2. The fourth-order valence-corrected chi connectivity index (χ4v) is 1.93. The molecule has 0 aliphatic rings. The van der Waals surface area contributed by atoms with Crippen molar-refractivity contribution in [2.75, 3.05) is 26.4 Å².